The molecular formula is C24H22FN9O2. The summed E-state index contributed by atoms with van der Waals surface area (Å²) in [7, 11) is 0. The van der Waals surface area contributed by atoms with E-state index in [1.165, 1.54) is 6.33 Å². The molecule has 0 saturated carbocycles. The van der Waals surface area contributed by atoms with E-state index >= 15 is 0 Å². The second kappa shape index (κ2) is 10.8. The second-order valence-electron chi connectivity index (χ2n) is 7.87. The predicted molar refractivity (Wildman–Crippen MR) is 130 cm³/mol. The number of anilines is 3. The van der Waals surface area contributed by atoms with Crippen LogP contribution in [0.4, 0.5) is 27.5 Å². The first kappa shape index (κ1) is 23.2. The summed E-state index contributed by atoms with van der Waals surface area (Å²) in [5.74, 6) is -0.111. The van der Waals surface area contributed by atoms with Crippen molar-refractivity contribution in [1.82, 2.24) is 24.9 Å². The molecule has 1 aliphatic heterocycles. The number of aromatic hydroxyl groups is 1. The van der Waals surface area contributed by atoms with Crippen molar-refractivity contribution in [2.75, 3.05) is 36.5 Å². The molecule has 0 amide bonds. The molecule has 0 aliphatic carbocycles. The molecule has 4 heterocycles. The molecule has 0 spiro atoms. The Hall–Kier alpha value is -4.58. The third-order valence-electron chi connectivity index (χ3n) is 5.33. The molecule has 0 bridgehead atoms. The fourth-order valence-corrected chi connectivity index (χ4v) is 3.62. The average Bonchev–Trinajstić information content (AvgIpc) is 2.91. The molecule has 0 atom stereocenters. The number of morpholine rings is 1. The molecule has 1 fully saturated rings. The van der Waals surface area contributed by atoms with Gasteiger partial charge in [0.1, 0.15) is 18.6 Å². The lowest BCUT2D eigenvalue weighted by Crippen LogP contribution is -2.37. The molecule has 1 aromatic carbocycles. The van der Waals surface area contributed by atoms with Crippen molar-refractivity contribution in [2.45, 2.75) is 6.54 Å². The summed E-state index contributed by atoms with van der Waals surface area (Å²) in [5.41, 5.74) is 3.54. The van der Waals surface area contributed by atoms with Gasteiger partial charge in [-0.25, -0.2) is 19.3 Å². The molecule has 1 aliphatic rings. The lowest BCUT2D eigenvalue weighted by molar-refractivity contribution is 0.122. The van der Waals surface area contributed by atoms with Crippen molar-refractivity contribution < 1.29 is 14.2 Å². The van der Waals surface area contributed by atoms with Gasteiger partial charge < -0.3 is 20.1 Å². The van der Waals surface area contributed by atoms with Gasteiger partial charge in [-0.1, -0.05) is 0 Å². The first-order valence-corrected chi connectivity index (χ1v) is 11.2. The Morgan fingerprint density at radius 1 is 1.03 bits per heavy atom. The number of rotatable bonds is 7. The van der Waals surface area contributed by atoms with Crippen LogP contribution >= 0.6 is 0 Å². The number of hydrogen-bond donors (Lipinski definition) is 2. The van der Waals surface area contributed by atoms with Gasteiger partial charge in [0.25, 0.3) is 5.95 Å². The molecule has 12 heteroatoms. The van der Waals surface area contributed by atoms with Crippen LogP contribution in [0, 0.1) is 5.82 Å². The van der Waals surface area contributed by atoms with E-state index in [4.69, 9.17) is 4.74 Å². The predicted octanol–water partition coefficient (Wildman–Crippen LogP) is 4.04. The van der Waals surface area contributed by atoms with E-state index in [1.54, 1.807) is 41.6 Å². The summed E-state index contributed by atoms with van der Waals surface area (Å²) in [4.78, 5) is 22.4. The lowest BCUT2D eigenvalue weighted by Gasteiger charge is -2.27. The van der Waals surface area contributed by atoms with Gasteiger partial charge in [0.15, 0.2) is 11.6 Å². The van der Waals surface area contributed by atoms with Crippen molar-refractivity contribution in [3.63, 3.8) is 0 Å². The Kier molecular flexibility index (Phi) is 6.94. The smallest absolute Gasteiger partial charge is 0.270 e. The lowest BCUT2D eigenvalue weighted by atomic mass is 10.1. The number of benzene rings is 1. The van der Waals surface area contributed by atoms with Crippen molar-refractivity contribution in [3.8, 4) is 17.0 Å². The van der Waals surface area contributed by atoms with Crippen LogP contribution in [-0.2, 0) is 11.3 Å². The molecule has 0 radical (unpaired) electrons. The molecular weight excluding hydrogens is 465 g/mol. The minimum atomic E-state index is -0.503. The Morgan fingerprint density at radius 2 is 1.92 bits per heavy atom. The fourth-order valence-electron chi connectivity index (χ4n) is 3.62. The number of halogens is 1. The van der Waals surface area contributed by atoms with Gasteiger partial charge in [-0.05, 0) is 30.3 Å². The first-order chi connectivity index (χ1) is 17.6. The first-order valence-electron chi connectivity index (χ1n) is 11.2. The molecule has 0 unspecified atom stereocenters. The number of nitrogens with zero attached hydrogens (tertiary/aromatic N) is 8. The highest BCUT2D eigenvalue weighted by atomic mass is 19.1. The van der Waals surface area contributed by atoms with Crippen LogP contribution in [0.1, 0.15) is 5.69 Å². The number of phenolic OH excluding ortho intramolecular Hbond substituents is 1. The van der Waals surface area contributed by atoms with Crippen LogP contribution in [-0.4, -0.2) is 56.3 Å². The summed E-state index contributed by atoms with van der Waals surface area (Å²) >= 11 is 0. The molecule has 4 aromatic rings. The topological polar surface area (TPSA) is 134 Å². The average molecular weight is 487 g/mol. The van der Waals surface area contributed by atoms with E-state index in [0.29, 0.717) is 43.4 Å². The number of phenols is 1. The van der Waals surface area contributed by atoms with Gasteiger partial charge in [-0.3, -0.25) is 4.98 Å². The summed E-state index contributed by atoms with van der Waals surface area (Å²) < 4.78 is 19.4. The Balaban J connectivity index is 1.22. The number of hydrogen-bond acceptors (Lipinski definition) is 11. The van der Waals surface area contributed by atoms with E-state index in [9.17, 15) is 9.50 Å². The summed E-state index contributed by atoms with van der Waals surface area (Å²) in [6.07, 6.45) is 5.86. The van der Waals surface area contributed by atoms with Gasteiger partial charge in [0.2, 0.25) is 0 Å². The maximum absolute atomic E-state index is 14.2. The minimum absolute atomic E-state index is 0.0829. The zero-order valence-corrected chi connectivity index (χ0v) is 19.1. The van der Waals surface area contributed by atoms with Gasteiger partial charge in [-0.15, -0.1) is 5.11 Å². The van der Waals surface area contributed by atoms with Gasteiger partial charge >= 0.3 is 0 Å². The van der Waals surface area contributed by atoms with E-state index in [2.05, 4.69) is 40.5 Å². The summed E-state index contributed by atoms with van der Waals surface area (Å²) in [5, 5.41) is 21.5. The van der Waals surface area contributed by atoms with Gasteiger partial charge in [0, 0.05) is 36.6 Å². The zero-order valence-electron chi connectivity index (χ0n) is 19.1. The SMILES string of the molecule is Oc1cc(Nc2ccc(CN=Nc3ncc(F)c(N4CCOCC4)n3)nc2)cc(-c2ccncn2)c1. The highest BCUT2D eigenvalue weighted by Crippen LogP contribution is 2.28. The monoisotopic (exact) mass is 487 g/mol. The van der Waals surface area contributed by atoms with Crippen LogP contribution in [0.5, 0.6) is 5.75 Å². The maximum Gasteiger partial charge on any atom is 0.270 e. The van der Waals surface area contributed by atoms with Crippen LogP contribution in [0.2, 0.25) is 0 Å². The molecule has 5 rings (SSSR count). The van der Waals surface area contributed by atoms with Crippen molar-refractivity contribution in [1.29, 1.82) is 0 Å². The summed E-state index contributed by atoms with van der Waals surface area (Å²) in [6.45, 7) is 2.35. The standard InChI is InChI=1S/C24H22FN9O2/c25-21-14-28-24(32-23(21)34-5-7-36-8-6-34)33-30-13-17-1-2-18(12-27-17)31-19-9-16(10-20(35)11-19)22-3-4-26-15-29-22/h1-4,9-12,14-15,31,35H,5-8,13H2. The van der Waals surface area contributed by atoms with Gasteiger partial charge in [-0.2, -0.15) is 10.1 Å². The molecule has 1 saturated heterocycles. The van der Waals surface area contributed by atoms with Crippen molar-refractivity contribution in [2.24, 2.45) is 10.2 Å². The molecule has 36 heavy (non-hydrogen) atoms. The molecule has 182 valence electrons. The summed E-state index contributed by atoms with van der Waals surface area (Å²) in [6, 6.07) is 10.5. The zero-order chi connectivity index (χ0) is 24.7. The highest BCUT2D eigenvalue weighted by molar-refractivity contribution is 5.70. The third kappa shape index (κ3) is 5.73. The quantitative estimate of drug-likeness (QED) is 0.370. The molecule has 3 aromatic heterocycles. The number of ether oxygens (including phenoxy) is 1. The normalized spacial score (nSPS) is 13.8. The van der Waals surface area contributed by atoms with Crippen LogP contribution in [0.15, 0.2) is 71.5 Å². The van der Waals surface area contributed by atoms with E-state index < -0.39 is 5.82 Å². The van der Waals surface area contributed by atoms with E-state index in [-0.39, 0.29) is 24.1 Å². The van der Waals surface area contributed by atoms with E-state index in [1.807, 2.05) is 12.1 Å². The Labute approximate surface area is 205 Å². The Bertz CT molecular complexity index is 1350. The van der Waals surface area contributed by atoms with Gasteiger partial charge in [0.05, 0.1) is 42.7 Å². The molecule has 11 nitrogen and oxygen atoms in total. The van der Waals surface area contributed by atoms with E-state index in [0.717, 1.165) is 17.4 Å². The largest absolute Gasteiger partial charge is 0.508 e. The van der Waals surface area contributed by atoms with Crippen molar-refractivity contribution in [3.05, 3.63) is 72.8 Å². The van der Waals surface area contributed by atoms with Crippen LogP contribution in [0.3, 0.4) is 0 Å². The van der Waals surface area contributed by atoms with Crippen LogP contribution < -0.4 is 10.2 Å². The Morgan fingerprint density at radius 3 is 2.69 bits per heavy atom. The third-order valence-corrected chi connectivity index (χ3v) is 5.33. The number of aromatic nitrogens is 5. The number of azo groups is 1. The second-order valence-corrected chi connectivity index (χ2v) is 7.87. The number of pyridine rings is 1. The maximum atomic E-state index is 14.2. The fraction of sp³-hybridized carbons (Fsp3) is 0.208. The van der Waals surface area contributed by atoms with Crippen LogP contribution in [0.25, 0.3) is 11.3 Å². The van der Waals surface area contributed by atoms with Crippen molar-refractivity contribution >= 4 is 23.1 Å². The minimum Gasteiger partial charge on any atom is -0.508 e. The molecule has 2 N–H and O–H groups in total. The highest BCUT2D eigenvalue weighted by Gasteiger charge is 2.17. The number of nitrogens with one attached hydrogen (secondary N) is 1.